The highest BCUT2D eigenvalue weighted by atomic mass is 16.8. The predicted octanol–water partition coefficient (Wildman–Crippen LogP) is -2.47. The summed E-state index contributed by atoms with van der Waals surface area (Å²) in [6.45, 7) is 3.18. The molecule has 5 aliphatic heterocycles. The monoisotopic (exact) mass is 667 g/mol. The number of carbonyl (C=O) groups is 1. The molecule has 8 N–H and O–H groups in total. The standard InChI is InChI=1S/C31H41NO15/c1-3-13-15-7-17-14-8-18(34)19(42-2)6-12(14)4-5-32(17)28(41)16(15)10-43-29(13)47-31-27(40)25(38)23(36)21(46-31)11-44-30-26(39)24(37)22(35)20(9-33)45-30/h3,6,8,10,13,15,17,20-27,29-31,33-40H,1,4-5,7,9,11H2,2H3/t13-,15+,17-,20-,21-,22-,23-,24+,25+,26-,27-,29+,30-,31+/m1/s1. The summed E-state index contributed by atoms with van der Waals surface area (Å²) in [4.78, 5) is 15.4. The number of hydrogen-bond acceptors (Lipinski definition) is 15. The number of ether oxygens (including phenoxy) is 6. The summed E-state index contributed by atoms with van der Waals surface area (Å²) in [6, 6.07) is 3.04. The van der Waals surface area contributed by atoms with Crippen molar-refractivity contribution in [2.75, 3.05) is 26.9 Å². The van der Waals surface area contributed by atoms with E-state index in [4.69, 9.17) is 28.4 Å². The lowest BCUT2D eigenvalue weighted by atomic mass is 9.73. The van der Waals surface area contributed by atoms with E-state index in [1.807, 2.05) is 0 Å². The average Bonchev–Trinajstić information content (AvgIpc) is 3.07. The molecule has 3 saturated heterocycles. The lowest BCUT2D eigenvalue weighted by Crippen LogP contribution is -2.62. The molecule has 47 heavy (non-hydrogen) atoms. The van der Waals surface area contributed by atoms with Gasteiger partial charge in [0.25, 0.3) is 5.91 Å². The molecule has 0 saturated carbocycles. The van der Waals surface area contributed by atoms with Crippen molar-refractivity contribution in [3.8, 4) is 11.5 Å². The molecule has 6 rings (SSSR count). The number of aromatic hydroxyl groups is 1. The molecule has 260 valence electrons. The Bertz CT molecular complexity index is 1360. The Kier molecular flexibility index (Phi) is 9.81. The number of hydrogen-bond donors (Lipinski definition) is 8. The molecular weight excluding hydrogens is 626 g/mol. The minimum atomic E-state index is -1.76. The summed E-state index contributed by atoms with van der Waals surface area (Å²) in [7, 11) is 1.47. The van der Waals surface area contributed by atoms with Crippen molar-refractivity contribution in [3.05, 3.63) is 47.7 Å². The Morgan fingerprint density at radius 1 is 0.957 bits per heavy atom. The van der Waals surface area contributed by atoms with Crippen LogP contribution in [0.25, 0.3) is 0 Å². The molecule has 16 heteroatoms. The molecule has 3 fully saturated rings. The van der Waals surface area contributed by atoms with Crippen molar-refractivity contribution in [1.29, 1.82) is 0 Å². The van der Waals surface area contributed by atoms with Gasteiger partial charge in [0, 0.05) is 18.4 Å². The van der Waals surface area contributed by atoms with Crippen LogP contribution >= 0.6 is 0 Å². The number of fused-ring (bicyclic) bond motifs is 4. The first-order valence-electron chi connectivity index (χ1n) is 15.4. The molecule has 16 nitrogen and oxygen atoms in total. The van der Waals surface area contributed by atoms with E-state index in [0.717, 1.165) is 11.1 Å². The number of phenolic OH excluding ortho intramolecular Hbond substituents is 1. The predicted molar refractivity (Wildman–Crippen MR) is 155 cm³/mol. The topological polar surface area (TPSA) is 238 Å². The van der Waals surface area contributed by atoms with Crippen LogP contribution in [0.3, 0.4) is 0 Å². The highest BCUT2D eigenvalue weighted by Crippen LogP contribution is 2.49. The van der Waals surface area contributed by atoms with E-state index >= 15 is 0 Å². The molecule has 14 atom stereocenters. The fourth-order valence-corrected chi connectivity index (χ4v) is 7.09. The maximum atomic E-state index is 13.7. The Balaban J connectivity index is 1.17. The second-order valence-electron chi connectivity index (χ2n) is 12.4. The van der Waals surface area contributed by atoms with Gasteiger partial charge >= 0.3 is 0 Å². The minimum absolute atomic E-state index is 0.0374. The van der Waals surface area contributed by atoms with Crippen LogP contribution in [-0.2, 0) is 34.9 Å². The largest absolute Gasteiger partial charge is 0.504 e. The summed E-state index contributed by atoms with van der Waals surface area (Å²) in [5.74, 6) is -0.975. The molecule has 0 aliphatic carbocycles. The summed E-state index contributed by atoms with van der Waals surface area (Å²) in [6.07, 6.45) is -13.1. The van der Waals surface area contributed by atoms with E-state index in [1.54, 1.807) is 23.1 Å². The van der Waals surface area contributed by atoms with Crippen LogP contribution in [0.1, 0.15) is 23.6 Å². The zero-order valence-corrected chi connectivity index (χ0v) is 25.5. The fraction of sp³-hybridized carbons (Fsp3) is 0.645. The molecule has 1 aromatic carbocycles. The molecule has 0 aromatic heterocycles. The van der Waals surface area contributed by atoms with Gasteiger partial charge in [-0.3, -0.25) is 4.79 Å². The summed E-state index contributed by atoms with van der Waals surface area (Å²) >= 11 is 0. The maximum Gasteiger partial charge on any atom is 0.253 e. The number of carbonyl (C=O) groups excluding carboxylic acids is 1. The molecule has 0 unspecified atom stereocenters. The lowest BCUT2D eigenvalue weighted by molar-refractivity contribution is -0.352. The van der Waals surface area contributed by atoms with E-state index in [9.17, 15) is 45.6 Å². The lowest BCUT2D eigenvalue weighted by Gasteiger charge is -2.49. The number of rotatable bonds is 8. The van der Waals surface area contributed by atoms with Crippen molar-refractivity contribution in [3.63, 3.8) is 0 Å². The Morgan fingerprint density at radius 2 is 1.64 bits per heavy atom. The number of methoxy groups -OCH3 is 1. The Hall–Kier alpha value is -2.87. The van der Waals surface area contributed by atoms with Crippen LogP contribution in [0, 0.1) is 11.8 Å². The van der Waals surface area contributed by atoms with Gasteiger partial charge in [-0.05, 0) is 36.1 Å². The van der Waals surface area contributed by atoms with Gasteiger partial charge in [0.15, 0.2) is 24.1 Å². The highest BCUT2D eigenvalue weighted by molar-refractivity contribution is 5.95. The molecule has 1 aromatic rings. The fourth-order valence-electron chi connectivity index (χ4n) is 7.09. The number of aliphatic hydroxyl groups is 7. The second kappa shape index (κ2) is 13.6. The zero-order chi connectivity index (χ0) is 33.7. The van der Waals surface area contributed by atoms with Crippen molar-refractivity contribution in [2.45, 2.75) is 86.6 Å². The van der Waals surface area contributed by atoms with Gasteiger partial charge in [-0.15, -0.1) is 6.58 Å². The number of amides is 1. The normalized spacial score (nSPS) is 41.6. The van der Waals surface area contributed by atoms with Gasteiger partial charge in [0.2, 0.25) is 6.29 Å². The van der Waals surface area contributed by atoms with Crippen LogP contribution < -0.4 is 4.74 Å². The first-order valence-corrected chi connectivity index (χ1v) is 15.4. The van der Waals surface area contributed by atoms with Crippen molar-refractivity contribution in [1.82, 2.24) is 4.90 Å². The second-order valence-corrected chi connectivity index (χ2v) is 12.4. The molecule has 0 radical (unpaired) electrons. The average molecular weight is 668 g/mol. The zero-order valence-electron chi connectivity index (χ0n) is 25.5. The number of phenols is 1. The van der Waals surface area contributed by atoms with E-state index in [2.05, 4.69) is 6.58 Å². The number of aliphatic hydroxyl groups excluding tert-OH is 7. The Morgan fingerprint density at radius 3 is 2.32 bits per heavy atom. The molecule has 0 bridgehead atoms. The third kappa shape index (κ3) is 6.02. The SMILES string of the molecule is C=C[C@H]1[C@H](O[C@@H]2O[C@H](CO[C@@H]3O[C@H](CO)[C@@H](O)[C@H](O)[C@H]3O)[C@@H](O)[C@H](O)[C@H]2O)OC=C2C(=O)N3CCc4cc(OC)c(O)cc4[C@H]3C[C@H]21. The van der Waals surface area contributed by atoms with E-state index in [-0.39, 0.29) is 17.7 Å². The third-order valence-corrected chi connectivity index (χ3v) is 9.77. The Labute approximate surface area is 269 Å². The molecular formula is C31H41NO15. The number of nitrogens with zero attached hydrogens (tertiary/aromatic N) is 1. The van der Waals surface area contributed by atoms with E-state index in [0.29, 0.717) is 30.7 Å². The summed E-state index contributed by atoms with van der Waals surface area (Å²) in [5, 5.41) is 82.3. The van der Waals surface area contributed by atoms with Gasteiger partial charge in [0.05, 0.1) is 38.2 Å². The maximum absolute atomic E-state index is 13.7. The van der Waals surface area contributed by atoms with Crippen LogP contribution in [0.15, 0.2) is 36.6 Å². The van der Waals surface area contributed by atoms with Crippen LogP contribution in [-0.4, -0.2) is 146 Å². The quantitative estimate of drug-likeness (QED) is 0.134. The van der Waals surface area contributed by atoms with Gasteiger partial charge in [-0.25, -0.2) is 0 Å². The molecule has 5 aliphatic rings. The van der Waals surface area contributed by atoms with Crippen molar-refractivity contribution in [2.24, 2.45) is 11.8 Å². The number of piperidine rings is 1. The third-order valence-electron chi connectivity index (χ3n) is 9.77. The first-order chi connectivity index (χ1) is 22.5. The minimum Gasteiger partial charge on any atom is -0.504 e. The van der Waals surface area contributed by atoms with E-state index in [1.165, 1.54) is 13.4 Å². The molecule has 0 spiro atoms. The molecule has 1 amide bonds. The van der Waals surface area contributed by atoms with Crippen LogP contribution in [0.2, 0.25) is 0 Å². The van der Waals surface area contributed by atoms with Crippen LogP contribution in [0.4, 0.5) is 0 Å². The van der Waals surface area contributed by atoms with Gasteiger partial charge < -0.3 is 74.2 Å². The molecule has 5 heterocycles. The van der Waals surface area contributed by atoms with Gasteiger partial charge in [-0.2, -0.15) is 0 Å². The van der Waals surface area contributed by atoms with Gasteiger partial charge in [-0.1, -0.05) is 6.08 Å². The number of benzene rings is 1. The summed E-state index contributed by atoms with van der Waals surface area (Å²) < 4.78 is 33.7. The smallest absolute Gasteiger partial charge is 0.253 e. The van der Waals surface area contributed by atoms with Gasteiger partial charge in [0.1, 0.15) is 48.8 Å². The summed E-state index contributed by atoms with van der Waals surface area (Å²) in [5.41, 5.74) is 2.18. The van der Waals surface area contributed by atoms with E-state index < -0.39 is 92.8 Å². The highest BCUT2D eigenvalue weighted by Gasteiger charge is 2.51. The van der Waals surface area contributed by atoms with Crippen molar-refractivity contribution >= 4 is 5.91 Å². The van der Waals surface area contributed by atoms with Crippen LogP contribution in [0.5, 0.6) is 11.5 Å². The van der Waals surface area contributed by atoms with Crippen molar-refractivity contribution < 1.29 is 74.1 Å². The first kappa shape index (κ1) is 34.0.